The third-order valence-electron chi connectivity index (χ3n) is 4.94. The van der Waals surface area contributed by atoms with Crippen LogP contribution in [-0.2, 0) is 26.0 Å². The van der Waals surface area contributed by atoms with E-state index in [0.717, 1.165) is 0 Å². The van der Waals surface area contributed by atoms with Crippen molar-refractivity contribution in [3.05, 3.63) is 53.0 Å². The predicted octanol–water partition coefficient (Wildman–Crippen LogP) is 2.10. The molecule has 3 rings (SSSR count). The molecule has 1 aromatic heterocycles. The lowest BCUT2D eigenvalue weighted by atomic mass is 10.2. The molecule has 2 aromatic rings. The second kappa shape index (κ2) is 9.21. The molecule has 1 aliphatic rings. The molecule has 10 heteroatoms. The number of ether oxygens (including phenoxy) is 2. The maximum atomic E-state index is 12.9. The number of rotatable bonds is 6. The number of furan rings is 1. The molecule has 0 aliphatic carbocycles. The molecule has 0 saturated carbocycles. The molecule has 2 heterocycles. The summed E-state index contributed by atoms with van der Waals surface area (Å²) < 4.78 is 42.9. The zero-order valence-electron chi connectivity index (χ0n) is 17.9. The number of carbonyl (C=O) groups excluding carboxylic acids is 2. The van der Waals surface area contributed by atoms with Gasteiger partial charge in [-0.2, -0.15) is 4.31 Å². The van der Waals surface area contributed by atoms with Gasteiger partial charge in [-0.15, -0.1) is 0 Å². The zero-order chi connectivity index (χ0) is 22.8. The third kappa shape index (κ3) is 5.15. The molecule has 0 radical (unpaired) electrons. The number of hydrogen-bond donors (Lipinski definition) is 1. The lowest BCUT2D eigenvalue weighted by Crippen LogP contribution is -2.48. The average molecular weight is 451 g/mol. The highest BCUT2D eigenvalue weighted by Gasteiger charge is 2.32. The van der Waals surface area contributed by atoms with E-state index in [1.807, 2.05) is 13.8 Å². The average Bonchev–Trinajstić information content (AvgIpc) is 3.11. The van der Waals surface area contributed by atoms with Crippen molar-refractivity contribution >= 4 is 21.9 Å². The SMILES string of the molecule is COC(=O)c1cc(CNC(=O)c2ccc(S(=O)(=O)N3CC(C)OC(C)C3)cc2)oc1C. The van der Waals surface area contributed by atoms with E-state index in [2.05, 4.69) is 10.1 Å². The van der Waals surface area contributed by atoms with E-state index in [1.165, 1.54) is 41.7 Å². The Bertz CT molecular complexity index is 1050. The molecule has 1 fully saturated rings. The van der Waals surface area contributed by atoms with Crippen molar-refractivity contribution in [2.24, 2.45) is 0 Å². The van der Waals surface area contributed by atoms with E-state index in [4.69, 9.17) is 9.15 Å². The molecule has 2 atom stereocenters. The van der Waals surface area contributed by atoms with Gasteiger partial charge in [0.05, 0.1) is 30.8 Å². The Hall–Kier alpha value is -2.69. The Morgan fingerprint density at radius 3 is 2.35 bits per heavy atom. The third-order valence-corrected chi connectivity index (χ3v) is 6.78. The van der Waals surface area contributed by atoms with Gasteiger partial charge in [0.2, 0.25) is 10.0 Å². The van der Waals surface area contributed by atoms with Gasteiger partial charge in [0.15, 0.2) is 0 Å². The van der Waals surface area contributed by atoms with E-state index in [0.29, 0.717) is 22.6 Å². The van der Waals surface area contributed by atoms with Gasteiger partial charge in [-0.3, -0.25) is 4.79 Å². The van der Waals surface area contributed by atoms with Gasteiger partial charge in [0, 0.05) is 18.7 Å². The highest BCUT2D eigenvalue weighted by atomic mass is 32.2. The van der Waals surface area contributed by atoms with Gasteiger partial charge in [-0.1, -0.05) is 0 Å². The smallest absolute Gasteiger partial charge is 0.341 e. The van der Waals surface area contributed by atoms with Crippen LogP contribution >= 0.6 is 0 Å². The molecule has 2 unspecified atom stereocenters. The molecular formula is C21H26N2O7S. The van der Waals surface area contributed by atoms with Crippen LogP contribution in [0.15, 0.2) is 39.6 Å². The highest BCUT2D eigenvalue weighted by molar-refractivity contribution is 7.89. The Balaban J connectivity index is 1.66. The molecule has 0 spiro atoms. The van der Waals surface area contributed by atoms with Crippen LogP contribution in [0.3, 0.4) is 0 Å². The summed E-state index contributed by atoms with van der Waals surface area (Å²) in [6.45, 7) is 5.93. The molecule has 1 aliphatic heterocycles. The molecule has 9 nitrogen and oxygen atoms in total. The number of amides is 1. The lowest BCUT2D eigenvalue weighted by Gasteiger charge is -2.34. The summed E-state index contributed by atoms with van der Waals surface area (Å²) in [4.78, 5) is 24.2. The van der Waals surface area contributed by atoms with Crippen LogP contribution in [0.2, 0.25) is 0 Å². The van der Waals surface area contributed by atoms with Gasteiger partial charge in [0.25, 0.3) is 5.91 Å². The number of esters is 1. The Kier molecular flexibility index (Phi) is 6.83. The first kappa shape index (κ1) is 23.0. The van der Waals surface area contributed by atoms with Crippen molar-refractivity contribution in [2.75, 3.05) is 20.2 Å². The van der Waals surface area contributed by atoms with Crippen LogP contribution in [0.25, 0.3) is 0 Å². The van der Waals surface area contributed by atoms with Gasteiger partial charge < -0.3 is 19.2 Å². The summed E-state index contributed by atoms with van der Waals surface area (Å²) in [5, 5.41) is 2.68. The number of morpholine rings is 1. The fourth-order valence-electron chi connectivity index (χ4n) is 3.47. The molecule has 1 N–H and O–H groups in total. The largest absolute Gasteiger partial charge is 0.465 e. The van der Waals surface area contributed by atoms with Crippen LogP contribution in [-0.4, -0.2) is 57.0 Å². The second-order valence-corrected chi connectivity index (χ2v) is 9.40. The molecule has 1 amide bonds. The van der Waals surface area contributed by atoms with Crippen LogP contribution in [0.5, 0.6) is 0 Å². The van der Waals surface area contributed by atoms with Gasteiger partial charge >= 0.3 is 5.97 Å². The summed E-state index contributed by atoms with van der Waals surface area (Å²) in [5.74, 6) is -0.107. The number of benzene rings is 1. The topological polar surface area (TPSA) is 115 Å². The van der Waals surface area contributed by atoms with E-state index in [1.54, 1.807) is 6.92 Å². The first-order chi connectivity index (χ1) is 14.6. The van der Waals surface area contributed by atoms with Crippen molar-refractivity contribution in [3.8, 4) is 0 Å². The van der Waals surface area contributed by atoms with E-state index < -0.39 is 21.9 Å². The van der Waals surface area contributed by atoms with E-state index in [-0.39, 0.29) is 36.7 Å². The first-order valence-electron chi connectivity index (χ1n) is 9.83. The Morgan fingerprint density at radius 1 is 1.16 bits per heavy atom. The van der Waals surface area contributed by atoms with Gasteiger partial charge in [0.1, 0.15) is 17.1 Å². The fourth-order valence-corrected chi connectivity index (χ4v) is 5.06. The first-order valence-corrected chi connectivity index (χ1v) is 11.3. The zero-order valence-corrected chi connectivity index (χ0v) is 18.7. The number of nitrogens with zero attached hydrogens (tertiary/aromatic N) is 1. The normalized spacial score (nSPS) is 19.7. The fraction of sp³-hybridized carbons (Fsp3) is 0.429. The number of aryl methyl sites for hydroxylation is 1. The number of methoxy groups -OCH3 is 1. The molecule has 168 valence electrons. The highest BCUT2D eigenvalue weighted by Crippen LogP contribution is 2.22. The molecule has 1 aromatic carbocycles. The van der Waals surface area contributed by atoms with Crippen molar-refractivity contribution in [3.63, 3.8) is 0 Å². The summed E-state index contributed by atoms with van der Waals surface area (Å²) in [7, 11) is -2.40. The minimum absolute atomic E-state index is 0.0697. The second-order valence-electron chi connectivity index (χ2n) is 7.46. The molecule has 31 heavy (non-hydrogen) atoms. The monoisotopic (exact) mass is 450 g/mol. The van der Waals surface area contributed by atoms with Crippen LogP contribution < -0.4 is 5.32 Å². The number of hydrogen-bond acceptors (Lipinski definition) is 7. The number of carbonyl (C=O) groups is 2. The molecule has 0 bridgehead atoms. The predicted molar refractivity (Wildman–Crippen MR) is 111 cm³/mol. The van der Waals surface area contributed by atoms with E-state index >= 15 is 0 Å². The van der Waals surface area contributed by atoms with Crippen LogP contribution in [0.4, 0.5) is 0 Å². The maximum Gasteiger partial charge on any atom is 0.341 e. The van der Waals surface area contributed by atoms with Crippen molar-refractivity contribution in [1.82, 2.24) is 9.62 Å². The molecular weight excluding hydrogens is 424 g/mol. The van der Waals surface area contributed by atoms with Crippen molar-refractivity contribution < 1.29 is 31.9 Å². The quantitative estimate of drug-likeness (QED) is 0.670. The molecule has 1 saturated heterocycles. The summed E-state index contributed by atoms with van der Waals surface area (Å²) in [5.41, 5.74) is 0.604. The standard InChI is InChI=1S/C21H26N2O7S/c1-13-11-23(12-14(2)29-13)31(26,27)18-7-5-16(6-8-18)20(24)22-10-17-9-19(15(3)30-17)21(25)28-4/h5-9,13-14H,10-12H2,1-4H3,(H,22,24). The number of sulfonamides is 1. The summed E-state index contributed by atoms with van der Waals surface area (Å²) >= 11 is 0. The van der Waals surface area contributed by atoms with Crippen molar-refractivity contribution in [2.45, 2.75) is 44.4 Å². The minimum Gasteiger partial charge on any atom is -0.465 e. The maximum absolute atomic E-state index is 12.9. The summed E-state index contributed by atoms with van der Waals surface area (Å²) in [6, 6.07) is 7.27. The minimum atomic E-state index is -3.68. The number of nitrogens with one attached hydrogen (secondary N) is 1. The van der Waals surface area contributed by atoms with Crippen molar-refractivity contribution in [1.29, 1.82) is 0 Å². The van der Waals surface area contributed by atoms with Crippen LogP contribution in [0, 0.1) is 6.92 Å². The van der Waals surface area contributed by atoms with Crippen LogP contribution in [0.1, 0.15) is 46.1 Å². The summed E-state index contributed by atoms with van der Waals surface area (Å²) in [6.07, 6.45) is -0.373. The lowest BCUT2D eigenvalue weighted by molar-refractivity contribution is -0.0440. The van der Waals surface area contributed by atoms with Gasteiger partial charge in [-0.25, -0.2) is 13.2 Å². The Morgan fingerprint density at radius 2 is 1.77 bits per heavy atom. The van der Waals surface area contributed by atoms with E-state index in [9.17, 15) is 18.0 Å². The van der Waals surface area contributed by atoms with Gasteiger partial charge in [-0.05, 0) is 51.1 Å². The Labute approximate surface area is 181 Å².